The van der Waals surface area contributed by atoms with E-state index >= 15 is 0 Å². The number of methoxy groups -OCH3 is 1. The van der Waals surface area contributed by atoms with Crippen molar-refractivity contribution in [2.75, 3.05) is 7.11 Å². The van der Waals surface area contributed by atoms with Crippen LogP contribution in [0.2, 0.25) is 0 Å². The van der Waals surface area contributed by atoms with Gasteiger partial charge in [0.1, 0.15) is 5.75 Å². The Morgan fingerprint density at radius 2 is 1.14 bits per heavy atom. The van der Waals surface area contributed by atoms with Crippen LogP contribution in [-0.2, 0) is 10.8 Å². The maximum absolute atomic E-state index is 5.51. The Morgan fingerprint density at radius 3 is 1.43 bits per heavy atom. The highest BCUT2D eigenvalue weighted by molar-refractivity contribution is 5.43. The van der Waals surface area contributed by atoms with Crippen molar-refractivity contribution < 1.29 is 4.74 Å². The molecule has 0 fully saturated rings. The maximum atomic E-state index is 5.51. The predicted molar refractivity (Wildman–Crippen MR) is 95.5 cm³/mol. The van der Waals surface area contributed by atoms with Crippen LogP contribution in [0, 0.1) is 5.41 Å². The topological polar surface area (TPSA) is 9.23 Å². The van der Waals surface area contributed by atoms with Crippen molar-refractivity contribution in [3.8, 4) is 5.75 Å². The lowest BCUT2D eigenvalue weighted by Crippen LogP contribution is -2.16. The van der Waals surface area contributed by atoms with E-state index in [1.165, 1.54) is 11.1 Å². The van der Waals surface area contributed by atoms with Crippen LogP contribution in [0.1, 0.15) is 80.4 Å². The third-order valence-corrected chi connectivity index (χ3v) is 2.88. The molecule has 0 saturated carbocycles. The molecule has 0 spiro atoms. The van der Waals surface area contributed by atoms with Gasteiger partial charge in [-0.15, -0.1) is 0 Å². The first-order chi connectivity index (χ1) is 9.16. The van der Waals surface area contributed by atoms with E-state index in [2.05, 4.69) is 87.4 Å². The molecule has 0 aliphatic heterocycles. The van der Waals surface area contributed by atoms with E-state index < -0.39 is 0 Å². The Hall–Kier alpha value is -0.980. The molecule has 0 saturated heterocycles. The summed E-state index contributed by atoms with van der Waals surface area (Å²) < 4.78 is 5.51. The summed E-state index contributed by atoms with van der Waals surface area (Å²) in [5.41, 5.74) is 3.38. The summed E-state index contributed by atoms with van der Waals surface area (Å²) in [6.07, 6.45) is 0. The summed E-state index contributed by atoms with van der Waals surface area (Å²) in [5.74, 6) is 1.000. The Labute approximate surface area is 133 Å². The molecule has 1 heteroatoms. The summed E-state index contributed by atoms with van der Waals surface area (Å²) in [6, 6.07) is 6.57. The summed E-state index contributed by atoms with van der Waals surface area (Å²) in [5, 5.41) is 0. The Bertz CT molecular complexity index is 430. The maximum Gasteiger partial charge on any atom is 0.122 e. The zero-order valence-corrected chi connectivity index (χ0v) is 16.1. The van der Waals surface area contributed by atoms with E-state index in [0.717, 1.165) is 5.75 Å². The summed E-state index contributed by atoms with van der Waals surface area (Å²) in [7, 11) is 1.75. The van der Waals surface area contributed by atoms with E-state index in [0.29, 0.717) is 5.41 Å². The minimum absolute atomic E-state index is 0.127. The molecule has 21 heavy (non-hydrogen) atoms. The second-order valence-corrected chi connectivity index (χ2v) is 9.42. The van der Waals surface area contributed by atoms with Gasteiger partial charge in [-0.25, -0.2) is 0 Å². The van der Waals surface area contributed by atoms with Gasteiger partial charge in [0.25, 0.3) is 0 Å². The molecular weight excluding hydrogens is 256 g/mol. The Kier molecular flexibility index (Phi) is 6.53. The SMILES string of the molecule is CC(C)(C)C.COc1cc(C(C)(C)C)ccc1C(C)(C)C. The van der Waals surface area contributed by atoms with Gasteiger partial charge in [-0.3, -0.25) is 0 Å². The molecule has 122 valence electrons. The predicted octanol–water partition coefficient (Wildman–Crippen LogP) is 6.34. The number of rotatable bonds is 1. The van der Waals surface area contributed by atoms with Crippen molar-refractivity contribution in [2.24, 2.45) is 5.41 Å². The van der Waals surface area contributed by atoms with Crippen LogP contribution in [0.4, 0.5) is 0 Å². The van der Waals surface area contributed by atoms with Gasteiger partial charge in [0.05, 0.1) is 7.11 Å². The average molecular weight is 293 g/mol. The minimum Gasteiger partial charge on any atom is -0.496 e. The third kappa shape index (κ3) is 8.14. The Balaban J connectivity index is 0.000000690. The molecule has 1 nitrogen and oxygen atoms in total. The molecule has 0 amide bonds. The molecule has 0 heterocycles. The molecule has 0 aliphatic carbocycles. The quantitative estimate of drug-likeness (QED) is 0.586. The summed E-state index contributed by atoms with van der Waals surface area (Å²) in [4.78, 5) is 0. The molecular formula is C20H36O. The number of hydrogen-bond acceptors (Lipinski definition) is 1. The smallest absolute Gasteiger partial charge is 0.122 e. The van der Waals surface area contributed by atoms with E-state index in [1.54, 1.807) is 7.11 Å². The molecule has 0 atom stereocenters. The fraction of sp³-hybridized carbons (Fsp3) is 0.700. The molecule has 0 radical (unpaired) electrons. The van der Waals surface area contributed by atoms with Crippen LogP contribution in [0.5, 0.6) is 5.75 Å². The van der Waals surface area contributed by atoms with E-state index in [4.69, 9.17) is 4.74 Å². The van der Waals surface area contributed by atoms with Gasteiger partial charge in [0.15, 0.2) is 0 Å². The molecule has 0 N–H and O–H groups in total. The van der Waals surface area contributed by atoms with Crippen LogP contribution in [0.3, 0.4) is 0 Å². The lowest BCUT2D eigenvalue weighted by molar-refractivity contribution is 0.395. The van der Waals surface area contributed by atoms with Crippen molar-refractivity contribution in [3.63, 3.8) is 0 Å². The van der Waals surface area contributed by atoms with Crippen LogP contribution in [-0.4, -0.2) is 7.11 Å². The first kappa shape index (κ1) is 20.0. The van der Waals surface area contributed by atoms with E-state index in [-0.39, 0.29) is 10.8 Å². The van der Waals surface area contributed by atoms with Crippen LogP contribution >= 0.6 is 0 Å². The van der Waals surface area contributed by atoms with Crippen molar-refractivity contribution in [1.29, 1.82) is 0 Å². The van der Waals surface area contributed by atoms with Crippen LogP contribution in [0.25, 0.3) is 0 Å². The molecule has 0 aliphatic rings. The highest BCUT2D eigenvalue weighted by Crippen LogP contribution is 2.34. The lowest BCUT2D eigenvalue weighted by Gasteiger charge is -2.25. The summed E-state index contributed by atoms with van der Waals surface area (Å²) >= 11 is 0. The Morgan fingerprint density at radius 1 is 0.714 bits per heavy atom. The molecule has 1 aromatic rings. The van der Waals surface area contributed by atoms with Gasteiger partial charge in [-0.1, -0.05) is 81.4 Å². The lowest BCUT2D eigenvalue weighted by atomic mass is 9.81. The average Bonchev–Trinajstić information content (AvgIpc) is 2.23. The molecule has 1 aromatic carbocycles. The molecule has 0 bridgehead atoms. The van der Waals surface area contributed by atoms with Gasteiger partial charge in [-0.2, -0.15) is 0 Å². The van der Waals surface area contributed by atoms with Gasteiger partial charge in [0, 0.05) is 0 Å². The van der Waals surface area contributed by atoms with Gasteiger partial charge >= 0.3 is 0 Å². The fourth-order valence-electron chi connectivity index (χ4n) is 1.78. The number of benzene rings is 1. The second kappa shape index (κ2) is 6.85. The van der Waals surface area contributed by atoms with E-state index in [1.807, 2.05) is 0 Å². The monoisotopic (exact) mass is 292 g/mol. The van der Waals surface area contributed by atoms with Crippen molar-refractivity contribution in [1.82, 2.24) is 0 Å². The van der Waals surface area contributed by atoms with E-state index in [9.17, 15) is 0 Å². The van der Waals surface area contributed by atoms with Crippen molar-refractivity contribution >= 4 is 0 Å². The summed E-state index contributed by atoms with van der Waals surface area (Å²) in [6.45, 7) is 22.0. The second-order valence-electron chi connectivity index (χ2n) is 9.42. The molecule has 0 unspecified atom stereocenters. The van der Waals surface area contributed by atoms with Crippen molar-refractivity contribution in [3.05, 3.63) is 29.3 Å². The standard InChI is InChI=1S/C15H24O.C5H12/c1-14(2,3)11-8-9-12(15(4,5)6)13(10-11)16-7;1-5(2,3)4/h8-10H,1-7H3;1-4H3. The fourth-order valence-corrected chi connectivity index (χ4v) is 1.78. The highest BCUT2D eigenvalue weighted by Gasteiger charge is 2.21. The molecule has 1 rings (SSSR count). The highest BCUT2D eigenvalue weighted by atomic mass is 16.5. The largest absolute Gasteiger partial charge is 0.496 e. The van der Waals surface area contributed by atoms with Gasteiger partial charge in [-0.05, 0) is 33.4 Å². The normalized spacial score (nSPS) is 12.5. The molecule has 0 aromatic heterocycles. The first-order valence-corrected chi connectivity index (χ1v) is 7.85. The van der Waals surface area contributed by atoms with Gasteiger partial charge < -0.3 is 4.74 Å². The van der Waals surface area contributed by atoms with Gasteiger partial charge in [0.2, 0.25) is 0 Å². The first-order valence-electron chi connectivity index (χ1n) is 7.85. The number of ether oxygens (including phenoxy) is 1. The van der Waals surface area contributed by atoms with Crippen molar-refractivity contribution in [2.45, 2.75) is 80.1 Å². The number of hydrogen-bond donors (Lipinski definition) is 0. The zero-order valence-electron chi connectivity index (χ0n) is 16.1. The minimum atomic E-state index is 0.127. The third-order valence-electron chi connectivity index (χ3n) is 2.88. The van der Waals surface area contributed by atoms with Crippen LogP contribution < -0.4 is 4.74 Å². The van der Waals surface area contributed by atoms with Crippen LogP contribution in [0.15, 0.2) is 18.2 Å². The zero-order chi connectivity index (χ0) is 17.1.